The van der Waals surface area contributed by atoms with Gasteiger partial charge in [0, 0.05) is 19.5 Å². The van der Waals surface area contributed by atoms with Crippen molar-refractivity contribution in [3.05, 3.63) is 70.3 Å². The van der Waals surface area contributed by atoms with E-state index in [1.54, 1.807) is 49.7 Å². The van der Waals surface area contributed by atoms with Crippen LogP contribution in [0.4, 0.5) is 0 Å². The molecule has 2 heterocycles. The number of amides is 1. The SMILES string of the molecule is COCC1(NC(=O)c2ccc(-n3[nH]cc(-c4ccc(C#N)cc4)c3=O)nc2)CC1. The Morgan fingerprint density at radius 1 is 1.31 bits per heavy atom. The molecule has 146 valence electrons. The van der Waals surface area contributed by atoms with Gasteiger partial charge in [-0.25, -0.2) is 9.67 Å². The van der Waals surface area contributed by atoms with Crippen LogP contribution in [0, 0.1) is 11.3 Å². The van der Waals surface area contributed by atoms with E-state index >= 15 is 0 Å². The van der Waals surface area contributed by atoms with Crippen LogP contribution < -0.4 is 10.9 Å². The topological polar surface area (TPSA) is 113 Å². The predicted octanol–water partition coefficient (Wildman–Crippen LogP) is 2.01. The van der Waals surface area contributed by atoms with E-state index in [1.165, 1.54) is 10.9 Å². The minimum atomic E-state index is -0.267. The molecule has 1 aromatic carbocycles. The summed E-state index contributed by atoms with van der Waals surface area (Å²) in [5.74, 6) is 0.167. The molecule has 8 heteroatoms. The van der Waals surface area contributed by atoms with Crippen LogP contribution in [0.2, 0.25) is 0 Å². The van der Waals surface area contributed by atoms with Gasteiger partial charge in [-0.1, -0.05) is 12.1 Å². The predicted molar refractivity (Wildman–Crippen MR) is 106 cm³/mol. The number of methoxy groups -OCH3 is 1. The Balaban J connectivity index is 1.54. The number of carbonyl (C=O) groups is 1. The molecular weight excluding hydrogens is 370 g/mol. The number of rotatable bonds is 6. The van der Waals surface area contributed by atoms with Crippen LogP contribution in [0.25, 0.3) is 16.9 Å². The fourth-order valence-electron chi connectivity index (χ4n) is 3.17. The van der Waals surface area contributed by atoms with Gasteiger partial charge in [-0.05, 0) is 42.7 Å². The Morgan fingerprint density at radius 2 is 2.07 bits per heavy atom. The first-order chi connectivity index (χ1) is 14.0. The Hall–Kier alpha value is -3.70. The summed E-state index contributed by atoms with van der Waals surface area (Å²) >= 11 is 0. The summed E-state index contributed by atoms with van der Waals surface area (Å²) in [7, 11) is 1.61. The van der Waals surface area contributed by atoms with Crippen molar-refractivity contribution in [3.63, 3.8) is 0 Å². The summed E-state index contributed by atoms with van der Waals surface area (Å²) in [4.78, 5) is 29.4. The molecule has 0 saturated heterocycles. The van der Waals surface area contributed by atoms with E-state index in [1.807, 2.05) is 6.07 Å². The summed E-state index contributed by atoms with van der Waals surface area (Å²) in [6, 6.07) is 12.1. The summed E-state index contributed by atoms with van der Waals surface area (Å²) in [5.41, 5.74) is 1.58. The van der Waals surface area contributed by atoms with E-state index in [9.17, 15) is 9.59 Å². The highest BCUT2D eigenvalue weighted by atomic mass is 16.5. The molecule has 0 bridgehead atoms. The number of nitrogens with one attached hydrogen (secondary N) is 2. The summed E-state index contributed by atoms with van der Waals surface area (Å²) in [6.07, 6.45) is 4.83. The zero-order chi connectivity index (χ0) is 20.4. The van der Waals surface area contributed by atoms with E-state index in [0.29, 0.717) is 34.7 Å². The average Bonchev–Trinajstić information content (AvgIpc) is 3.39. The maximum Gasteiger partial charge on any atom is 0.280 e. The Morgan fingerprint density at radius 3 is 2.66 bits per heavy atom. The molecular formula is C21H19N5O3. The second-order valence-corrected chi connectivity index (χ2v) is 7.09. The second kappa shape index (κ2) is 7.37. The highest BCUT2D eigenvalue weighted by Crippen LogP contribution is 2.35. The smallest absolute Gasteiger partial charge is 0.280 e. The molecule has 1 aliphatic carbocycles. The molecule has 1 fully saturated rings. The number of nitrogens with zero attached hydrogens (tertiary/aromatic N) is 3. The lowest BCUT2D eigenvalue weighted by Crippen LogP contribution is -2.40. The zero-order valence-corrected chi connectivity index (χ0v) is 15.8. The molecule has 29 heavy (non-hydrogen) atoms. The number of nitriles is 1. The van der Waals surface area contributed by atoms with Gasteiger partial charge in [-0.3, -0.25) is 14.7 Å². The van der Waals surface area contributed by atoms with Crippen LogP contribution in [0.3, 0.4) is 0 Å². The molecule has 0 aliphatic heterocycles. The molecule has 0 atom stereocenters. The maximum absolute atomic E-state index is 12.7. The Labute approximate surface area is 166 Å². The standard InChI is InChI=1S/C21H19N5O3/c1-29-13-21(8-9-21)25-19(27)16-6-7-18(23-11-16)26-20(28)17(12-24-26)15-4-2-14(10-22)3-5-15/h2-7,11-12,24H,8-9,13H2,1H3,(H,25,27). The van der Waals surface area contributed by atoms with Gasteiger partial charge in [0.15, 0.2) is 5.82 Å². The third-order valence-electron chi connectivity index (χ3n) is 4.99. The second-order valence-electron chi connectivity index (χ2n) is 7.09. The number of aromatic nitrogens is 3. The Kier molecular flexibility index (Phi) is 4.74. The number of benzene rings is 1. The first-order valence-corrected chi connectivity index (χ1v) is 9.14. The molecule has 4 rings (SSSR count). The number of hydrogen-bond acceptors (Lipinski definition) is 5. The van der Waals surface area contributed by atoms with Gasteiger partial charge in [0.2, 0.25) is 0 Å². The highest BCUT2D eigenvalue weighted by molar-refractivity contribution is 5.94. The zero-order valence-electron chi connectivity index (χ0n) is 15.8. The molecule has 2 aromatic heterocycles. The molecule has 0 radical (unpaired) electrons. The van der Waals surface area contributed by atoms with Crippen LogP contribution in [0.5, 0.6) is 0 Å². The quantitative estimate of drug-likeness (QED) is 0.670. The van der Waals surface area contributed by atoms with Crippen molar-refractivity contribution < 1.29 is 9.53 Å². The first kappa shape index (κ1) is 18.7. The van der Waals surface area contributed by atoms with E-state index in [-0.39, 0.29) is 17.0 Å². The lowest BCUT2D eigenvalue weighted by molar-refractivity contribution is 0.0881. The third kappa shape index (κ3) is 3.68. The first-order valence-electron chi connectivity index (χ1n) is 9.14. The average molecular weight is 389 g/mol. The minimum Gasteiger partial charge on any atom is -0.382 e. The van der Waals surface area contributed by atoms with Gasteiger partial charge in [0.05, 0.1) is 34.9 Å². The van der Waals surface area contributed by atoms with Crippen LogP contribution >= 0.6 is 0 Å². The van der Waals surface area contributed by atoms with Gasteiger partial charge in [-0.2, -0.15) is 5.26 Å². The van der Waals surface area contributed by atoms with Crippen molar-refractivity contribution in [2.75, 3.05) is 13.7 Å². The summed E-state index contributed by atoms with van der Waals surface area (Å²) in [6.45, 7) is 0.486. The highest BCUT2D eigenvalue weighted by Gasteiger charge is 2.44. The number of carbonyl (C=O) groups excluding carboxylic acids is 1. The summed E-state index contributed by atoms with van der Waals surface area (Å²) < 4.78 is 6.47. The largest absolute Gasteiger partial charge is 0.382 e. The van der Waals surface area contributed by atoms with Crippen LogP contribution in [-0.2, 0) is 4.74 Å². The lowest BCUT2D eigenvalue weighted by Gasteiger charge is -2.16. The molecule has 2 N–H and O–H groups in total. The van der Waals surface area contributed by atoms with Crippen LogP contribution in [0.1, 0.15) is 28.8 Å². The maximum atomic E-state index is 12.7. The van der Waals surface area contributed by atoms with Gasteiger partial charge in [0.1, 0.15) is 0 Å². The van der Waals surface area contributed by atoms with Crippen molar-refractivity contribution in [2.24, 2.45) is 0 Å². The number of pyridine rings is 1. The van der Waals surface area contributed by atoms with Gasteiger partial charge in [-0.15, -0.1) is 0 Å². The monoisotopic (exact) mass is 389 g/mol. The fraction of sp³-hybridized carbons (Fsp3) is 0.238. The van der Waals surface area contributed by atoms with Crippen LogP contribution in [0.15, 0.2) is 53.6 Å². The molecule has 0 unspecified atom stereocenters. The molecule has 1 saturated carbocycles. The van der Waals surface area contributed by atoms with Gasteiger partial charge in [0.25, 0.3) is 11.5 Å². The van der Waals surface area contributed by atoms with Crippen molar-refractivity contribution in [1.82, 2.24) is 20.1 Å². The minimum absolute atomic E-state index is 0.212. The van der Waals surface area contributed by atoms with E-state index in [0.717, 1.165) is 12.8 Å². The van der Waals surface area contributed by atoms with Crippen molar-refractivity contribution in [2.45, 2.75) is 18.4 Å². The van der Waals surface area contributed by atoms with Crippen molar-refractivity contribution in [3.8, 4) is 23.0 Å². The number of ether oxygens (including phenoxy) is 1. The van der Waals surface area contributed by atoms with E-state index in [4.69, 9.17) is 10.00 Å². The van der Waals surface area contributed by atoms with Crippen molar-refractivity contribution in [1.29, 1.82) is 5.26 Å². The lowest BCUT2D eigenvalue weighted by atomic mass is 10.1. The third-order valence-corrected chi connectivity index (χ3v) is 4.99. The Bertz CT molecular complexity index is 1130. The molecule has 0 spiro atoms. The van der Waals surface area contributed by atoms with Crippen molar-refractivity contribution >= 4 is 5.91 Å². The number of H-pyrrole nitrogens is 1. The van der Waals surface area contributed by atoms with Gasteiger partial charge >= 0.3 is 0 Å². The van der Waals surface area contributed by atoms with E-state index < -0.39 is 0 Å². The number of aromatic amines is 1. The molecule has 1 aliphatic rings. The van der Waals surface area contributed by atoms with E-state index in [2.05, 4.69) is 15.4 Å². The summed E-state index contributed by atoms with van der Waals surface area (Å²) in [5, 5.41) is 14.8. The molecule has 8 nitrogen and oxygen atoms in total. The fourth-order valence-corrected chi connectivity index (χ4v) is 3.17. The van der Waals surface area contributed by atoms with Crippen LogP contribution in [-0.4, -0.2) is 39.9 Å². The number of hydrogen-bond donors (Lipinski definition) is 2. The molecule has 3 aromatic rings. The normalized spacial score (nSPS) is 14.2. The van der Waals surface area contributed by atoms with Gasteiger partial charge < -0.3 is 10.1 Å². The molecule has 1 amide bonds.